The Morgan fingerprint density at radius 3 is 2.19 bits per heavy atom. The first-order chi connectivity index (χ1) is 7.16. The smallest absolute Gasteiger partial charge is 0.319 e. The summed E-state index contributed by atoms with van der Waals surface area (Å²) < 4.78 is 60.8. The molecule has 0 heterocycles. The van der Waals surface area contributed by atoms with Gasteiger partial charge in [0.05, 0.1) is 0 Å². The number of alkyl halides is 3. The van der Waals surface area contributed by atoms with Gasteiger partial charge in [-0.15, -0.1) is 0 Å². The molecule has 0 saturated carbocycles. The quantitative estimate of drug-likeness (QED) is 0.597. The molecule has 16 heavy (non-hydrogen) atoms. The molecule has 0 aromatic rings. The molecule has 0 bridgehead atoms. The van der Waals surface area contributed by atoms with Crippen LogP contribution in [0.15, 0.2) is 0 Å². The van der Waals surface area contributed by atoms with E-state index in [-0.39, 0.29) is 12.5 Å². The maximum absolute atomic E-state index is 11.7. The Balaban J connectivity index is 3.97. The lowest BCUT2D eigenvalue weighted by molar-refractivity contribution is -0.121. The van der Waals surface area contributed by atoms with Crippen LogP contribution in [-0.2, 0) is 10.2 Å². The largest absolute Gasteiger partial charge is 0.402 e. The molecule has 1 atom stereocenters. The summed E-state index contributed by atoms with van der Waals surface area (Å²) in [6, 6.07) is 0. The van der Waals surface area contributed by atoms with Crippen LogP contribution in [0.2, 0.25) is 0 Å². The fraction of sp³-hybridized carbons (Fsp3) is 1.00. The van der Waals surface area contributed by atoms with Crippen molar-refractivity contribution < 1.29 is 21.6 Å². The van der Waals surface area contributed by atoms with E-state index in [9.17, 15) is 21.6 Å². The molecule has 0 fully saturated rings. The van der Waals surface area contributed by atoms with E-state index in [1.165, 1.54) is 4.72 Å². The molecule has 1 unspecified atom stereocenters. The summed E-state index contributed by atoms with van der Waals surface area (Å²) >= 11 is 0. The van der Waals surface area contributed by atoms with Crippen molar-refractivity contribution in [3.05, 3.63) is 0 Å². The van der Waals surface area contributed by atoms with Gasteiger partial charge in [0, 0.05) is 6.54 Å². The van der Waals surface area contributed by atoms with Gasteiger partial charge in [-0.05, 0) is 19.5 Å². The van der Waals surface area contributed by atoms with Crippen molar-refractivity contribution in [3.63, 3.8) is 0 Å². The van der Waals surface area contributed by atoms with E-state index in [2.05, 4.69) is 5.32 Å². The molecule has 0 saturated heterocycles. The van der Waals surface area contributed by atoms with Gasteiger partial charge in [0.1, 0.15) is 6.54 Å². The summed E-state index contributed by atoms with van der Waals surface area (Å²) in [7, 11) is -2.37. The van der Waals surface area contributed by atoms with Crippen molar-refractivity contribution in [3.8, 4) is 0 Å². The van der Waals surface area contributed by atoms with Gasteiger partial charge in [0.2, 0.25) is 0 Å². The van der Waals surface area contributed by atoms with Crippen LogP contribution in [0.5, 0.6) is 0 Å². The number of hydrogen-bond acceptors (Lipinski definition) is 3. The van der Waals surface area contributed by atoms with Crippen molar-refractivity contribution in [2.75, 3.05) is 26.7 Å². The summed E-state index contributed by atoms with van der Waals surface area (Å²) in [4.78, 5) is 0. The lowest BCUT2D eigenvalue weighted by atomic mass is 10.2. The van der Waals surface area contributed by atoms with Crippen molar-refractivity contribution in [1.29, 1.82) is 0 Å². The van der Waals surface area contributed by atoms with Crippen molar-refractivity contribution in [2.45, 2.75) is 13.1 Å². The number of hydrogen-bond donors (Lipinski definition) is 3. The summed E-state index contributed by atoms with van der Waals surface area (Å²) in [5.74, 6) is -0.00698. The van der Waals surface area contributed by atoms with E-state index in [1.54, 1.807) is 14.0 Å². The summed E-state index contributed by atoms with van der Waals surface area (Å²) in [6.45, 7) is 0.849. The number of nitrogens with one attached hydrogen (secondary N) is 3. The molecule has 3 N–H and O–H groups in total. The maximum Gasteiger partial charge on any atom is 0.402 e. The second-order valence-corrected chi connectivity index (χ2v) is 5.04. The summed E-state index contributed by atoms with van der Waals surface area (Å²) in [6.07, 6.45) is -4.55. The van der Waals surface area contributed by atoms with Crippen LogP contribution < -0.4 is 14.8 Å². The van der Waals surface area contributed by atoms with Crippen molar-refractivity contribution >= 4 is 10.2 Å². The average Bonchev–Trinajstić information content (AvgIpc) is 2.12. The minimum atomic E-state index is -4.55. The van der Waals surface area contributed by atoms with Crippen LogP contribution in [-0.4, -0.2) is 41.3 Å². The molecule has 0 amide bonds. The van der Waals surface area contributed by atoms with Gasteiger partial charge in [-0.1, -0.05) is 6.92 Å². The monoisotopic (exact) mass is 263 g/mol. The first-order valence-corrected chi connectivity index (χ1v) is 6.10. The molecule has 0 rings (SSSR count). The Hall–Kier alpha value is -0.380. The van der Waals surface area contributed by atoms with Crippen LogP contribution >= 0.6 is 0 Å². The van der Waals surface area contributed by atoms with Gasteiger partial charge in [-0.3, -0.25) is 0 Å². The summed E-state index contributed by atoms with van der Waals surface area (Å²) in [5.41, 5.74) is 0. The van der Waals surface area contributed by atoms with Crippen molar-refractivity contribution in [1.82, 2.24) is 14.8 Å². The molecular formula is C7H16F3N3O2S. The second kappa shape index (κ2) is 6.38. The molecule has 98 valence electrons. The van der Waals surface area contributed by atoms with Gasteiger partial charge in [0.25, 0.3) is 10.2 Å². The van der Waals surface area contributed by atoms with E-state index >= 15 is 0 Å². The molecule has 0 aromatic heterocycles. The fourth-order valence-corrected chi connectivity index (χ4v) is 1.86. The minimum absolute atomic E-state index is 0.00698. The van der Waals surface area contributed by atoms with Crippen molar-refractivity contribution in [2.24, 2.45) is 5.92 Å². The summed E-state index contributed by atoms with van der Waals surface area (Å²) in [5, 5.41) is 2.82. The van der Waals surface area contributed by atoms with Crippen LogP contribution in [0, 0.1) is 5.92 Å². The fourth-order valence-electron chi connectivity index (χ4n) is 0.900. The lowest BCUT2D eigenvalue weighted by Crippen LogP contribution is -2.43. The molecule has 0 aliphatic rings. The van der Waals surface area contributed by atoms with E-state index < -0.39 is 22.9 Å². The lowest BCUT2D eigenvalue weighted by Gasteiger charge is -2.13. The van der Waals surface area contributed by atoms with Gasteiger partial charge >= 0.3 is 6.18 Å². The molecule has 0 radical (unpaired) electrons. The highest BCUT2D eigenvalue weighted by Gasteiger charge is 2.29. The maximum atomic E-state index is 11.7. The van der Waals surface area contributed by atoms with E-state index in [0.29, 0.717) is 6.54 Å². The minimum Gasteiger partial charge on any atom is -0.319 e. The molecule has 0 spiro atoms. The topological polar surface area (TPSA) is 70.2 Å². The Bertz CT molecular complexity index is 292. The molecule has 9 heteroatoms. The number of rotatable bonds is 7. The predicted molar refractivity (Wildman–Crippen MR) is 54.1 cm³/mol. The van der Waals surface area contributed by atoms with Crippen LogP contribution in [0.4, 0.5) is 13.2 Å². The van der Waals surface area contributed by atoms with E-state index in [1.807, 2.05) is 4.72 Å². The van der Waals surface area contributed by atoms with Gasteiger partial charge < -0.3 is 5.32 Å². The number of halogens is 3. The predicted octanol–water partition coefficient (Wildman–Crippen LogP) is -0.172. The SMILES string of the molecule is CNCC(C)CNS(=O)(=O)NCC(F)(F)F. The Labute approximate surface area is 93.0 Å². The van der Waals surface area contributed by atoms with Crippen LogP contribution in [0.3, 0.4) is 0 Å². The van der Waals surface area contributed by atoms with Crippen LogP contribution in [0.25, 0.3) is 0 Å². The second-order valence-electron chi connectivity index (χ2n) is 3.45. The first kappa shape index (κ1) is 15.6. The molecule has 0 aromatic carbocycles. The Morgan fingerprint density at radius 1 is 1.19 bits per heavy atom. The zero-order valence-electron chi connectivity index (χ0n) is 9.06. The Morgan fingerprint density at radius 2 is 1.75 bits per heavy atom. The van der Waals surface area contributed by atoms with Gasteiger partial charge in [-0.2, -0.15) is 26.3 Å². The van der Waals surface area contributed by atoms with Crippen LogP contribution in [0.1, 0.15) is 6.92 Å². The third-order valence-corrected chi connectivity index (χ3v) is 2.71. The molecule has 0 aliphatic carbocycles. The molecule has 0 aliphatic heterocycles. The molecule has 5 nitrogen and oxygen atoms in total. The average molecular weight is 263 g/mol. The third-order valence-electron chi connectivity index (χ3n) is 1.64. The Kier molecular flexibility index (Phi) is 6.23. The zero-order chi connectivity index (χ0) is 12.8. The highest BCUT2D eigenvalue weighted by Crippen LogP contribution is 2.12. The standard InChI is InChI=1S/C7H16F3N3O2S/c1-6(3-11-2)4-12-16(14,15)13-5-7(8,9)10/h6,11-13H,3-5H2,1-2H3. The van der Waals surface area contributed by atoms with Gasteiger partial charge in [0.15, 0.2) is 0 Å². The highest BCUT2D eigenvalue weighted by atomic mass is 32.2. The highest BCUT2D eigenvalue weighted by molar-refractivity contribution is 7.87. The normalized spacial score (nSPS) is 15.1. The van der Waals surface area contributed by atoms with E-state index in [4.69, 9.17) is 0 Å². The van der Waals surface area contributed by atoms with E-state index in [0.717, 1.165) is 0 Å². The zero-order valence-corrected chi connectivity index (χ0v) is 9.87. The third kappa shape index (κ3) is 8.89. The first-order valence-electron chi connectivity index (χ1n) is 4.62. The molecular weight excluding hydrogens is 247 g/mol. The van der Waals surface area contributed by atoms with Gasteiger partial charge in [-0.25, -0.2) is 4.72 Å².